The lowest BCUT2D eigenvalue weighted by molar-refractivity contribution is 0.198. The summed E-state index contributed by atoms with van der Waals surface area (Å²) in [7, 11) is 0. The number of hydrogen-bond acceptors (Lipinski definition) is 2. The third kappa shape index (κ3) is 4.96. The number of piperidine rings is 1. The molecule has 1 aromatic rings. The largest absolute Gasteiger partial charge is 0.354 e. The van der Waals surface area contributed by atoms with E-state index in [2.05, 4.69) is 64.7 Å². The first-order valence-electron chi connectivity index (χ1n) is 9.08. The molecular formula is C19H30N4. The zero-order valence-electron chi connectivity index (χ0n) is 14.5. The first-order chi connectivity index (χ1) is 11.2. The second-order valence-electron chi connectivity index (χ2n) is 6.97. The van der Waals surface area contributed by atoms with Crippen LogP contribution in [0.15, 0.2) is 35.3 Å². The average molecular weight is 314 g/mol. The highest BCUT2D eigenvalue weighted by Gasteiger charge is 2.33. The van der Waals surface area contributed by atoms with Gasteiger partial charge in [-0.2, -0.15) is 0 Å². The van der Waals surface area contributed by atoms with Crippen molar-refractivity contribution in [2.24, 2.45) is 10.9 Å². The smallest absolute Gasteiger partial charge is 0.191 e. The number of nitrogens with one attached hydrogen (secondary N) is 2. The Morgan fingerprint density at radius 3 is 2.48 bits per heavy atom. The summed E-state index contributed by atoms with van der Waals surface area (Å²) in [5.41, 5.74) is 1.41. The van der Waals surface area contributed by atoms with Crippen molar-refractivity contribution in [2.75, 3.05) is 19.6 Å². The van der Waals surface area contributed by atoms with E-state index in [4.69, 9.17) is 0 Å². The molecule has 2 fully saturated rings. The third-order valence-corrected chi connectivity index (χ3v) is 4.93. The SMILES string of the molecule is CCN=C(NC1CCN(Cc2ccccc2)CC1)NC1CC1C. The van der Waals surface area contributed by atoms with Crippen LogP contribution in [0.25, 0.3) is 0 Å². The molecule has 2 atom stereocenters. The lowest BCUT2D eigenvalue weighted by Gasteiger charge is -2.33. The van der Waals surface area contributed by atoms with Gasteiger partial charge in [0.05, 0.1) is 0 Å². The Bertz CT molecular complexity index is 505. The summed E-state index contributed by atoms with van der Waals surface area (Å²) >= 11 is 0. The summed E-state index contributed by atoms with van der Waals surface area (Å²) in [4.78, 5) is 7.16. The van der Waals surface area contributed by atoms with Crippen LogP contribution in [0.1, 0.15) is 38.7 Å². The van der Waals surface area contributed by atoms with Crippen LogP contribution >= 0.6 is 0 Å². The van der Waals surface area contributed by atoms with Crippen molar-refractivity contribution < 1.29 is 0 Å². The van der Waals surface area contributed by atoms with Gasteiger partial charge in [0.15, 0.2) is 5.96 Å². The lowest BCUT2D eigenvalue weighted by Crippen LogP contribution is -2.49. The van der Waals surface area contributed by atoms with Crippen LogP contribution in [0.4, 0.5) is 0 Å². The van der Waals surface area contributed by atoms with Crippen LogP contribution in [0.2, 0.25) is 0 Å². The Balaban J connectivity index is 1.43. The molecule has 3 rings (SSSR count). The van der Waals surface area contributed by atoms with Crippen molar-refractivity contribution in [3.05, 3.63) is 35.9 Å². The van der Waals surface area contributed by atoms with E-state index in [9.17, 15) is 0 Å². The molecule has 0 aromatic heterocycles. The van der Waals surface area contributed by atoms with E-state index < -0.39 is 0 Å². The standard InChI is InChI=1S/C19H30N4/c1-3-20-19(22-18-13-15(18)2)21-17-9-11-23(12-10-17)14-16-7-5-4-6-8-16/h4-8,15,17-18H,3,9-14H2,1-2H3,(H2,20,21,22). The summed E-state index contributed by atoms with van der Waals surface area (Å²) in [6.07, 6.45) is 3.66. The zero-order chi connectivity index (χ0) is 16.1. The van der Waals surface area contributed by atoms with E-state index in [0.717, 1.165) is 38.1 Å². The first-order valence-corrected chi connectivity index (χ1v) is 9.08. The monoisotopic (exact) mass is 314 g/mol. The van der Waals surface area contributed by atoms with Gasteiger partial charge in [0.2, 0.25) is 0 Å². The summed E-state index contributed by atoms with van der Waals surface area (Å²) < 4.78 is 0. The molecule has 0 radical (unpaired) electrons. The maximum atomic E-state index is 4.60. The van der Waals surface area contributed by atoms with E-state index in [1.165, 1.54) is 24.8 Å². The minimum atomic E-state index is 0.550. The van der Waals surface area contributed by atoms with Crippen molar-refractivity contribution >= 4 is 5.96 Å². The Morgan fingerprint density at radius 2 is 1.87 bits per heavy atom. The molecule has 4 nitrogen and oxygen atoms in total. The highest BCUT2D eigenvalue weighted by Crippen LogP contribution is 2.28. The molecule has 1 aliphatic carbocycles. The van der Waals surface area contributed by atoms with Crippen molar-refractivity contribution in [3.63, 3.8) is 0 Å². The maximum absolute atomic E-state index is 4.60. The van der Waals surface area contributed by atoms with Crippen LogP contribution < -0.4 is 10.6 Å². The van der Waals surface area contributed by atoms with Gasteiger partial charge in [-0.3, -0.25) is 9.89 Å². The summed E-state index contributed by atoms with van der Waals surface area (Å²) in [6, 6.07) is 12.0. The first kappa shape index (κ1) is 16.3. The molecule has 2 N–H and O–H groups in total. The van der Waals surface area contributed by atoms with Gasteiger partial charge in [0.25, 0.3) is 0 Å². The van der Waals surface area contributed by atoms with Gasteiger partial charge in [-0.1, -0.05) is 37.3 Å². The topological polar surface area (TPSA) is 39.7 Å². The van der Waals surface area contributed by atoms with Gasteiger partial charge in [-0.05, 0) is 37.7 Å². The molecule has 1 heterocycles. The second kappa shape index (κ2) is 7.82. The van der Waals surface area contributed by atoms with Gasteiger partial charge in [0, 0.05) is 38.3 Å². The molecule has 4 heteroatoms. The second-order valence-corrected chi connectivity index (χ2v) is 6.97. The number of guanidine groups is 1. The van der Waals surface area contributed by atoms with Gasteiger partial charge in [-0.25, -0.2) is 0 Å². The van der Waals surface area contributed by atoms with Crippen molar-refractivity contribution in [1.82, 2.24) is 15.5 Å². The van der Waals surface area contributed by atoms with Crippen LogP contribution in [-0.4, -0.2) is 42.6 Å². The Labute approximate surface area is 140 Å². The molecule has 126 valence electrons. The molecule has 1 aromatic carbocycles. The summed E-state index contributed by atoms with van der Waals surface area (Å²) in [6.45, 7) is 8.62. The molecule has 1 saturated carbocycles. The van der Waals surface area contributed by atoms with Gasteiger partial charge in [0.1, 0.15) is 0 Å². The van der Waals surface area contributed by atoms with E-state index in [-0.39, 0.29) is 0 Å². The van der Waals surface area contributed by atoms with Crippen LogP contribution in [0.3, 0.4) is 0 Å². The fourth-order valence-electron chi connectivity index (χ4n) is 3.26. The van der Waals surface area contributed by atoms with E-state index in [0.29, 0.717) is 12.1 Å². The number of aliphatic imine (C=N–C) groups is 1. The minimum Gasteiger partial charge on any atom is -0.354 e. The minimum absolute atomic E-state index is 0.550. The quantitative estimate of drug-likeness (QED) is 0.648. The van der Waals surface area contributed by atoms with Crippen molar-refractivity contribution in [3.8, 4) is 0 Å². The Kier molecular flexibility index (Phi) is 5.55. The highest BCUT2D eigenvalue weighted by molar-refractivity contribution is 5.80. The molecule has 2 unspecified atom stereocenters. The number of likely N-dealkylation sites (tertiary alicyclic amines) is 1. The zero-order valence-corrected chi connectivity index (χ0v) is 14.5. The molecule has 0 bridgehead atoms. The van der Waals surface area contributed by atoms with Crippen LogP contribution in [-0.2, 0) is 6.54 Å². The Morgan fingerprint density at radius 1 is 1.17 bits per heavy atom. The Hall–Kier alpha value is -1.55. The molecule has 2 aliphatic rings. The normalized spacial score (nSPS) is 26.1. The molecule has 23 heavy (non-hydrogen) atoms. The van der Waals surface area contributed by atoms with Crippen molar-refractivity contribution in [1.29, 1.82) is 0 Å². The van der Waals surface area contributed by atoms with E-state index in [1.54, 1.807) is 0 Å². The van der Waals surface area contributed by atoms with Crippen LogP contribution in [0, 0.1) is 5.92 Å². The van der Waals surface area contributed by atoms with Gasteiger partial charge < -0.3 is 10.6 Å². The van der Waals surface area contributed by atoms with Crippen molar-refractivity contribution in [2.45, 2.75) is 51.7 Å². The van der Waals surface area contributed by atoms with Gasteiger partial charge >= 0.3 is 0 Å². The van der Waals surface area contributed by atoms with Crippen LogP contribution in [0.5, 0.6) is 0 Å². The molecule has 1 aliphatic heterocycles. The van der Waals surface area contributed by atoms with E-state index in [1.807, 2.05) is 0 Å². The molecule has 0 spiro atoms. The number of benzene rings is 1. The fraction of sp³-hybridized carbons (Fsp3) is 0.632. The average Bonchev–Trinajstić information content (AvgIpc) is 3.25. The summed E-state index contributed by atoms with van der Waals surface area (Å²) in [5.74, 6) is 1.81. The maximum Gasteiger partial charge on any atom is 0.191 e. The molecule has 0 amide bonds. The highest BCUT2D eigenvalue weighted by atomic mass is 15.2. The van der Waals surface area contributed by atoms with Gasteiger partial charge in [-0.15, -0.1) is 0 Å². The molecule has 1 saturated heterocycles. The number of hydrogen-bond donors (Lipinski definition) is 2. The van der Waals surface area contributed by atoms with E-state index >= 15 is 0 Å². The molecular weight excluding hydrogens is 284 g/mol. The number of rotatable bonds is 5. The lowest BCUT2D eigenvalue weighted by atomic mass is 10.0. The predicted molar refractivity (Wildman–Crippen MR) is 96.6 cm³/mol. The number of nitrogens with zero attached hydrogens (tertiary/aromatic N) is 2. The summed E-state index contributed by atoms with van der Waals surface area (Å²) in [5, 5.41) is 7.21. The third-order valence-electron chi connectivity index (χ3n) is 4.93. The fourth-order valence-corrected chi connectivity index (χ4v) is 3.26. The predicted octanol–water partition coefficient (Wildman–Crippen LogP) is 2.61.